The van der Waals surface area contributed by atoms with Gasteiger partial charge in [0.25, 0.3) is 0 Å². The van der Waals surface area contributed by atoms with Crippen LogP contribution in [0, 0.1) is 0 Å². The SMILES string of the molecule is CCCCCCCCC/C=C\CCCCCCCC(=O)OCCCCCCCCCCCCCCCCCCCCCCCCCCCCCCCCCCCCCCCC(=O)NC(CO)C(O)CCCCCCCCCCCCCCCCCCCCCCCCCCC. The van der Waals surface area contributed by atoms with Crippen LogP contribution in [0.2, 0.25) is 0 Å². The zero-order valence-corrected chi connectivity index (χ0v) is 65.2. The van der Waals surface area contributed by atoms with Crippen molar-refractivity contribution in [3.8, 4) is 0 Å². The maximum atomic E-state index is 12.6. The third-order valence-electron chi connectivity index (χ3n) is 21.3. The molecule has 2 atom stereocenters. The van der Waals surface area contributed by atoms with Crippen molar-refractivity contribution in [1.29, 1.82) is 0 Å². The highest BCUT2D eigenvalue weighted by molar-refractivity contribution is 5.76. The van der Waals surface area contributed by atoms with Crippen LogP contribution in [0.4, 0.5) is 0 Å². The maximum Gasteiger partial charge on any atom is 0.305 e. The van der Waals surface area contributed by atoms with Crippen molar-refractivity contribution in [2.24, 2.45) is 0 Å². The minimum absolute atomic E-state index is 0.0174. The van der Waals surface area contributed by atoms with Gasteiger partial charge in [0, 0.05) is 12.8 Å². The van der Waals surface area contributed by atoms with Crippen molar-refractivity contribution in [3.05, 3.63) is 12.2 Å². The molecule has 0 fully saturated rings. The first-order chi connectivity index (χ1) is 47.0. The number of nitrogens with one attached hydrogen (secondary N) is 1. The Bertz CT molecular complexity index is 1450. The third kappa shape index (κ3) is 81.5. The summed E-state index contributed by atoms with van der Waals surface area (Å²) in [5.41, 5.74) is 0. The van der Waals surface area contributed by atoms with E-state index in [1.54, 1.807) is 0 Å². The summed E-state index contributed by atoms with van der Waals surface area (Å²) >= 11 is 0. The molecule has 0 saturated heterocycles. The molecule has 0 bridgehead atoms. The van der Waals surface area contributed by atoms with Crippen molar-refractivity contribution in [2.75, 3.05) is 13.2 Å². The van der Waals surface area contributed by atoms with E-state index in [0.717, 1.165) is 44.9 Å². The molecule has 0 aromatic carbocycles. The molecule has 0 spiro atoms. The van der Waals surface area contributed by atoms with E-state index in [9.17, 15) is 19.8 Å². The largest absolute Gasteiger partial charge is 0.466 e. The number of unbranched alkanes of at least 4 members (excludes halogenated alkanes) is 72. The Balaban J connectivity index is 3.30. The minimum Gasteiger partial charge on any atom is -0.466 e. The number of rotatable bonds is 85. The van der Waals surface area contributed by atoms with Crippen LogP contribution in [0.3, 0.4) is 0 Å². The summed E-state index contributed by atoms with van der Waals surface area (Å²) in [6.45, 7) is 5.02. The number of aliphatic hydroxyl groups excluding tert-OH is 2. The number of carbonyl (C=O) groups excluding carboxylic acids is 2. The molecule has 95 heavy (non-hydrogen) atoms. The van der Waals surface area contributed by atoms with Crippen LogP contribution >= 0.6 is 0 Å². The second-order valence-electron chi connectivity index (χ2n) is 30.9. The fourth-order valence-electron chi connectivity index (χ4n) is 14.6. The van der Waals surface area contributed by atoms with Gasteiger partial charge >= 0.3 is 5.97 Å². The molecule has 0 aliphatic carbocycles. The van der Waals surface area contributed by atoms with Gasteiger partial charge in [-0.1, -0.05) is 469 Å². The second-order valence-corrected chi connectivity index (χ2v) is 30.9. The van der Waals surface area contributed by atoms with Gasteiger partial charge in [-0.25, -0.2) is 0 Å². The lowest BCUT2D eigenvalue weighted by Crippen LogP contribution is -2.45. The Hall–Kier alpha value is -1.40. The van der Waals surface area contributed by atoms with E-state index in [-0.39, 0.29) is 18.5 Å². The molecule has 6 heteroatoms. The summed E-state index contributed by atoms with van der Waals surface area (Å²) in [6.07, 6.45) is 109. The zero-order chi connectivity index (χ0) is 68.4. The molecule has 0 aliphatic rings. The summed E-state index contributed by atoms with van der Waals surface area (Å²) in [7, 11) is 0. The average Bonchev–Trinajstić information content (AvgIpc) is 2.97. The number of esters is 1. The van der Waals surface area contributed by atoms with Gasteiger partial charge in [0.1, 0.15) is 0 Å². The normalized spacial score (nSPS) is 12.4. The summed E-state index contributed by atoms with van der Waals surface area (Å²) in [6, 6.07) is -0.538. The number of aliphatic hydroxyl groups is 2. The number of hydrogen-bond acceptors (Lipinski definition) is 5. The van der Waals surface area contributed by atoms with Crippen LogP contribution in [0.15, 0.2) is 12.2 Å². The molecule has 3 N–H and O–H groups in total. The summed E-state index contributed by atoms with van der Waals surface area (Å²) in [5.74, 6) is -0.00482. The van der Waals surface area contributed by atoms with Crippen LogP contribution < -0.4 is 5.32 Å². The first-order valence-corrected chi connectivity index (χ1v) is 44.4. The van der Waals surface area contributed by atoms with E-state index in [1.807, 2.05) is 0 Å². The van der Waals surface area contributed by atoms with Crippen LogP contribution in [0.1, 0.15) is 521 Å². The Labute approximate surface area is 597 Å². The van der Waals surface area contributed by atoms with Gasteiger partial charge < -0.3 is 20.3 Å². The van der Waals surface area contributed by atoms with Crippen molar-refractivity contribution in [3.63, 3.8) is 0 Å². The third-order valence-corrected chi connectivity index (χ3v) is 21.3. The van der Waals surface area contributed by atoms with Crippen molar-refractivity contribution in [1.82, 2.24) is 5.32 Å². The van der Waals surface area contributed by atoms with Gasteiger partial charge in [-0.15, -0.1) is 0 Å². The summed E-state index contributed by atoms with van der Waals surface area (Å²) < 4.78 is 5.51. The molecule has 0 aliphatic heterocycles. The first kappa shape index (κ1) is 93.6. The number of amides is 1. The molecule has 566 valence electrons. The van der Waals surface area contributed by atoms with Crippen LogP contribution in [-0.2, 0) is 14.3 Å². The van der Waals surface area contributed by atoms with Crippen molar-refractivity contribution in [2.45, 2.75) is 533 Å². The molecular weight excluding hydrogens is 1160 g/mol. The number of allylic oxidation sites excluding steroid dienone is 2. The lowest BCUT2D eigenvalue weighted by atomic mass is 10.0. The number of carbonyl (C=O) groups is 2. The molecule has 0 radical (unpaired) electrons. The summed E-state index contributed by atoms with van der Waals surface area (Å²) in [4.78, 5) is 24.7. The molecule has 0 rings (SSSR count). The molecule has 0 aromatic heterocycles. The summed E-state index contributed by atoms with van der Waals surface area (Å²) in [5, 5.41) is 23.5. The molecule has 0 aromatic rings. The molecular formula is C89H175NO5. The fourth-order valence-corrected chi connectivity index (χ4v) is 14.6. The van der Waals surface area contributed by atoms with E-state index in [2.05, 4.69) is 31.3 Å². The van der Waals surface area contributed by atoms with E-state index in [4.69, 9.17) is 4.74 Å². The van der Waals surface area contributed by atoms with Gasteiger partial charge in [-0.2, -0.15) is 0 Å². The smallest absolute Gasteiger partial charge is 0.305 e. The zero-order valence-electron chi connectivity index (χ0n) is 65.2. The van der Waals surface area contributed by atoms with Crippen LogP contribution in [0.25, 0.3) is 0 Å². The van der Waals surface area contributed by atoms with E-state index in [1.165, 1.54) is 443 Å². The monoisotopic (exact) mass is 1340 g/mol. The molecule has 1 amide bonds. The second kappa shape index (κ2) is 85.0. The predicted molar refractivity (Wildman–Crippen MR) is 421 cm³/mol. The molecule has 0 heterocycles. The molecule has 0 saturated carbocycles. The standard InChI is InChI=1S/C89H175NO5/c1-3-5-7-9-11-13-15-17-19-21-22-23-24-38-41-44-47-50-53-57-61-65-69-73-77-81-87(92)86(85-91)90-88(93)82-78-74-70-66-62-58-54-51-48-45-42-39-36-34-32-30-28-26-25-27-29-31-33-35-37-40-43-46-49-52-56-60-64-68-72-76-80-84-95-89(94)83-79-75-71-67-63-59-55-20-18-16-14-12-10-8-6-4-2/h20,55,86-87,91-92H,3-19,21-54,56-85H2,1-2H3,(H,90,93)/b55-20-. The number of ether oxygens (including phenoxy) is 1. The predicted octanol–water partition coefficient (Wildman–Crippen LogP) is 29.8. The van der Waals surface area contributed by atoms with Gasteiger partial charge in [-0.3, -0.25) is 9.59 Å². The van der Waals surface area contributed by atoms with Crippen molar-refractivity contribution >= 4 is 11.9 Å². The first-order valence-electron chi connectivity index (χ1n) is 44.4. The average molecular weight is 1340 g/mol. The topological polar surface area (TPSA) is 95.9 Å². The molecule has 6 nitrogen and oxygen atoms in total. The Kier molecular flexibility index (Phi) is 83.8. The highest BCUT2D eigenvalue weighted by atomic mass is 16.5. The quantitative estimate of drug-likeness (QED) is 0.0320. The Morgan fingerprint density at radius 1 is 0.284 bits per heavy atom. The molecule has 2 unspecified atom stereocenters. The van der Waals surface area contributed by atoms with E-state index in [0.29, 0.717) is 25.9 Å². The number of hydrogen-bond donors (Lipinski definition) is 3. The van der Waals surface area contributed by atoms with Crippen LogP contribution in [-0.4, -0.2) is 47.4 Å². The highest BCUT2D eigenvalue weighted by Crippen LogP contribution is 2.21. The highest BCUT2D eigenvalue weighted by Gasteiger charge is 2.20. The van der Waals surface area contributed by atoms with Gasteiger partial charge in [0.05, 0.1) is 25.4 Å². The lowest BCUT2D eigenvalue weighted by Gasteiger charge is -2.22. The Morgan fingerprint density at radius 2 is 0.495 bits per heavy atom. The van der Waals surface area contributed by atoms with Gasteiger partial charge in [0.15, 0.2) is 0 Å². The lowest BCUT2D eigenvalue weighted by molar-refractivity contribution is -0.143. The van der Waals surface area contributed by atoms with Crippen LogP contribution in [0.5, 0.6) is 0 Å². The van der Waals surface area contributed by atoms with Gasteiger partial charge in [0.2, 0.25) is 5.91 Å². The van der Waals surface area contributed by atoms with Gasteiger partial charge in [-0.05, 0) is 51.4 Å². The Morgan fingerprint density at radius 3 is 0.747 bits per heavy atom. The minimum atomic E-state index is -0.661. The van der Waals surface area contributed by atoms with E-state index < -0.39 is 12.1 Å². The fraction of sp³-hybridized carbons (Fsp3) is 0.955. The van der Waals surface area contributed by atoms with Crippen molar-refractivity contribution < 1.29 is 24.5 Å². The maximum absolute atomic E-state index is 12.6. The van der Waals surface area contributed by atoms with E-state index >= 15 is 0 Å².